The molecule has 0 aliphatic rings. The lowest BCUT2D eigenvalue weighted by Gasteiger charge is -2.05. The Bertz CT molecular complexity index is 986. The minimum atomic E-state index is -3.52. The topological polar surface area (TPSA) is 94.3 Å². The number of hydrogen-bond donors (Lipinski definition) is 1. The zero-order valence-electron chi connectivity index (χ0n) is 14.6. The fourth-order valence-electron chi connectivity index (χ4n) is 2.33. The number of aromatic nitrogens is 2. The van der Waals surface area contributed by atoms with Gasteiger partial charge in [0, 0.05) is 10.0 Å². The molecule has 1 N–H and O–H groups in total. The van der Waals surface area contributed by atoms with E-state index in [2.05, 4.69) is 30.8 Å². The Labute approximate surface area is 165 Å². The quantitative estimate of drug-likeness (QED) is 0.562. The van der Waals surface area contributed by atoms with E-state index in [0.29, 0.717) is 18.0 Å². The van der Waals surface area contributed by atoms with Gasteiger partial charge in [-0.3, -0.25) is 0 Å². The molecule has 0 spiro atoms. The molecular weight excluding hydrogens is 434 g/mol. The first-order valence-corrected chi connectivity index (χ1v) is 10.7. The van der Waals surface area contributed by atoms with Crippen molar-refractivity contribution in [2.45, 2.75) is 19.2 Å². The number of hydrogen-bond acceptors (Lipinski definition) is 6. The summed E-state index contributed by atoms with van der Waals surface area (Å²) in [5.41, 5.74) is 1.44. The molecule has 1 heterocycles. The van der Waals surface area contributed by atoms with E-state index in [1.165, 1.54) is 0 Å². The first-order valence-electron chi connectivity index (χ1n) is 8.23. The smallest absolute Gasteiger partial charge is 0.242 e. The van der Waals surface area contributed by atoms with E-state index in [0.717, 1.165) is 15.8 Å². The molecule has 1 aromatic heterocycles. The summed E-state index contributed by atoms with van der Waals surface area (Å²) in [6.45, 7) is 2.44. The van der Waals surface area contributed by atoms with Crippen LogP contribution in [0.15, 0.2) is 57.5 Å². The van der Waals surface area contributed by atoms with Crippen LogP contribution >= 0.6 is 15.9 Å². The van der Waals surface area contributed by atoms with Gasteiger partial charge in [0.1, 0.15) is 5.75 Å². The summed E-state index contributed by atoms with van der Waals surface area (Å²) in [4.78, 5) is 4.23. The molecule has 3 rings (SSSR count). The average molecular weight is 452 g/mol. The summed E-state index contributed by atoms with van der Waals surface area (Å²) in [5, 5.41) is 3.89. The van der Waals surface area contributed by atoms with Crippen LogP contribution in [0.2, 0.25) is 0 Å². The van der Waals surface area contributed by atoms with Crippen LogP contribution in [-0.4, -0.2) is 25.2 Å². The lowest BCUT2D eigenvalue weighted by molar-refractivity contribution is 0.340. The van der Waals surface area contributed by atoms with Gasteiger partial charge in [0.15, 0.2) is 0 Å². The largest absolute Gasteiger partial charge is 0.494 e. The average Bonchev–Trinajstić information content (AvgIpc) is 3.12. The van der Waals surface area contributed by atoms with Gasteiger partial charge in [-0.05, 0) is 48.9 Å². The second-order valence-electron chi connectivity index (χ2n) is 5.68. The van der Waals surface area contributed by atoms with Gasteiger partial charge in [0.2, 0.25) is 21.7 Å². The number of rotatable bonds is 8. The molecule has 0 unspecified atom stereocenters. The lowest BCUT2D eigenvalue weighted by atomic mass is 10.2. The molecule has 27 heavy (non-hydrogen) atoms. The number of halogens is 1. The minimum absolute atomic E-state index is 0.0666. The summed E-state index contributed by atoms with van der Waals surface area (Å²) in [6.07, 6.45) is 0. The molecule has 0 fully saturated rings. The van der Waals surface area contributed by atoms with Gasteiger partial charge < -0.3 is 9.26 Å². The van der Waals surface area contributed by atoms with Crippen LogP contribution in [-0.2, 0) is 22.3 Å². The summed E-state index contributed by atoms with van der Waals surface area (Å²) in [5.74, 6) is 1.21. The Hall–Kier alpha value is -2.23. The molecule has 0 aliphatic carbocycles. The van der Waals surface area contributed by atoms with Gasteiger partial charge in [-0.1, -0.05) is 33.2 Å². The fourth-order valence-corrected chi connectivity index (χ4v) is 3.67. The molecule has 0 amide bonds. The van der Waals surface area contributed by atoms with Gasteiger partial charge in [0.05, 0.1) is 18.9 Å². The van der Waals surface area contributed by atoms with Crippen LogP contribution in [0, 0.1) is 0 Å². The standard InChI is InChI=1S/C18H18BrN3O4S/c1-2-25-16-9-5-14(6-10-16)18-21-17(26-22-18)11-20-27(23,24)12-13-3-7-15(19)8-4-13/h3-10,20H,2,11-12H2,1H3. The maximum atomic E-state index is 12.2. The number of sulfonamides is 1. The lowest BCUT2D eigenvalue weighted by Crippen LogP contribution is -2.24. The van der Waals surface area contributed by atoms with Crippen LogP contribution in [0.4, 0.5) is 0 Å². The summed E-state index contributed by atoms with van der Waals surface area (Å²) in [6, 6.07) is 14.4. The van der Waals surface area contributed by atoms with Crippen molar-refractivity contribution in [2.24, 2.45) is 0 Å². The Balaban J connectivity index is 1.60. The van der Waals surface area contributed by atoms with E-state index in [-0.39, 0.29) is 18.2 Å². The minimum Gasteiger partial charge on any atom is -0.494 e. The normalized spacial score (nSPS) is 11.5. The van der Waals surface area contributed by atoms with Gasteiger partial charge >= 0.3 is 0 Å². The van der Waals surface area contributed by atoms with E-state index in [1.807, 2.05) is 31.2 Å². The molecule has 0 aliphatic heterocycles. The second-order valence-corrected chi connectivity index (χ2v) is 8.40. The third-order valence-corrected chi connectivity index (χ3v) is 5.43. The number of benzene rings is 2. The zero-order chi connectivity index (χ0) is 19.3. The van der Waals surface area contributed by atoms with Crippen molar-refractivity contribution in [2.75, 3.05) is 6.61 Å². The van der Waals surface area contributed by atoms with Crippen molar-refractivity contribution in [3.63, 3.8) is 0 Å². The van der Waals surface area contributed by atoms with Crippen LogP contribution < -0.4 is 9.46 Å². The highest BCUT2D eigenvalue weighted by molar-refractivity contribution is 9.10. The van der Waals surface area contributed by atoms with Gasteiger partial charge in [-0.15, -0.1) is 0 Å². The van der Waals surface area contributed by atoms with Crippen LogP contribution in [0.1, 0.15) is 18.4 Å². The summed E-state index contributed by atoms with van der Waals surface area (Å²) in [7, 11) is -3.52. The monoisotopic (exact) mass is 451 g/mol. The predicted octanol–water partition coefficient (Wildman–Crippen LogP) is 3.52. The molecule has 3 aromatic rings. The van der Waals surface area contributed by atoms with Crippen molar-refractivity contribution in [1.82, 2.24) is 14.9 Å². The van der Waals surface area contributed by atoms with Crippen molar-refractivity contribution >= 4 is 26.0 Å². The Morgan fingerprint density at radius 3 is 2.48 bits per heavy atom. The SMILES string of the molecule is CCOc1ccc(-c2noc(CNS(=O)(=O)Cc3ccc(Br)cc3)n2)cc1. The maximum Gasteiger partial charge on any atom is 0.242 e. The Kier molecular flexibility index (Phi) is 6.25. The first-order chi connectivity index (χ1) is 12.9. The van der Waals surface area contributed by atoms with Crippen molar-refractivity contribution in [3.8, 4) is 17.1 Å². The molecule has 7 nitrogen and oxygen atoms in total. The first kappa shape index (κ1) is 19.5. The van der Waals surface area contributed by atoms with Gasteiger partial charge in [-0.2, -0.15) is 4.98 Å². The Morgan fingerprint density at radius 2 is 1.81 bits per heavy atom. The number of nitrogens with zero attached hydrogens (tertiary/aromatic N) is 2. The van der Waals surface area contributed by atoms with E-state index < -0.39 is 10.0 Å². The van der Waals surface area contributed by atoms with Crippen LogP contribution in [0.25, 0.3) is 11.4 Å². The highest BCUT2D eigenvalue weighted by atomic mass is 79.9. The van der Waals surface area contributed by atoms with Gasteiger partial charge in [-0.25, -0.2) is 13.1 Å². The Morgan fingerprint density at radius 1 is 1.11 bits per heavy atom. The molecular formula is C18H18BrN3O4S. The van der Waals surface area contributed by atoms with Crippen LogP contribution in [0.3, 0.4) is 0 Å². The third-order valence-electron chi connectivity index (χ3n) is 3.60. The molecule has 0 saturated heterocycles. The maximum absolute atomic E-state index is 12.2. The van der Waals surface area contributed by atoms with Gasteiger partial charge in [0.25, 0.3) is 0 Å². The summed E-state index contributed by atoms with van der Waals surface area (Å²) >= 11 is 3.32. The molecule has 0 radical (unpaired) electrons. The number of nitrogens with one attached hydrogen (secondary N) is 1. The van der Waals surface area contributed by atoms with E-state index in [9.17, 15) is 8.42 Å². The van der Waals surface area contributed by atoms with Crippen LogP contribution in [0.5, 0.6) is 5.75 Å². The molecule has 0 bridgehead atoms. The highest BCUT2D eigenvalue weighted by Gasteiger charge is 2.15. The second kappa shape index (κ2) is 8.64. The van der Waals surface area contributed by atoms with Crippen molar-refractivity contribution in [1.29, 1.82) is 0 Å². The highest BCUT2D eigenvalue weighted by Crippen LogP contribution is 2.20. The van der Waals surface area contributed by atoms with E-state index in [1.54, 1.807) is 24.3 Å². The number of ether oxygens (including phenoxy) is 1. The van der Waals surface area contributed by atoms with Crippen molar-refractivity contribution < 1.29 is 17.7 Å². The third kappa shape index (κ3) is 5.62. The zero-order valence-corrected chi connectivity index (χ0v) is 17.0. The molecule has 0 atom stereocenters. The molecule has 2 aromatic carbocycles. The van der Waals surface area contributed by atoms with E-state index >= 15 is 0 Å². The molecule has 0 saturated carbocycles. The molecule has 9 heteroatoms. The molecule has 142 valence electrons. The predicted molar refractivity (Wildman–Crippen MR) is 105 cm³/mol. The van der Waals surface area contributed by atoms with Crippen molar-refractivity contribution in [3.05, 3.63) is 64.5 Å². The van der Waals surface area contributed by atoms with E-state index in [4.69, 9.17) is 9.26 Å². The fraction of sp³-hybridized carbons (Fsp3) is 0.222. The summed E-state index contributed by atoms with van der Waals surface area (Å²) < 4.78 is 38.3.